The topological polar surface area (TPSA) is 37.3 Å². The molecule has 0 saturated heterocycles. The summed E-state index contributed by atoms with van der Waals surface area (Å²) in [5.74, 6) is -0.866. The summed E-state index contributed by atoms with van der Waals surface area (Å²) in [6.45, 7) is 0. The van der Waals surface area contributed by atoms with Crippen LogP contribution in [0.4, 0.5) is 0 Å². The van der Waals surface area contributed by atoms with E-state index in [1.165, 1.54) is 43.6 Å². The minimum Gasteiger partial charge on any atom is -0.478 e. The third-order valence-electron chi connectivity index (χ3n) is 9.51. The van der Waals surface area contributed by atoms with E-state index in [9.17, 15) is 4.79 Å². The second-order valence-corrected chi connectivity index (χ2v) is 20.5. The van der Waals surface area contributed by atoms with Crippen LogP contribution in [-0.2, 0) is 0 Å². The number of hydrogen-bond acceptors (Lipinski definition) is 2. The Balaban J connectivity index is 0.000000362. The summed E-state index contributed by atoms with van der Waals surface area (Å²) >= 11 is 1.44. The molecule has 0 spiro atoms. The van der Waals surface area contributed by atoms with Crippen LogP contribution in [0.2, 0.25) is 0 Å². The summed E-state index contributed by atoms with van der Waals surface area (Å²) in [6, 6.07) is 74.7. The summed E-state index contributed by atoms with van der Waals surface area (Å²) in [6.07, 6.45) is 5.24. The molecule has 258 valence electrons. The van der Waals surface area contributed by atoms with Crippen molar-refractivity contribution in [3.63, 3.8) is 0 Å². The van der Waals surface area contributed by atoms with Crippen LogP contribution < -0.4 is 31.8 Å². The molecule has 7 aromatic carbocycles. The molecule has 0 aliphatic carbocycles. The minimum atomic E-state index is -1.90. The van der Waals surface area contributed by atoms with E-state index in [1.807, 2.05) is 12.3 Å². The van der Waals surface area contributed by atoms with Crippen LogP contribution in [0.3, 0.4) is 0 Å². The quantitative estimate of drug-likeness (QED) is 0.100. The lowest BCUT2D eigenvalue weighted by molar-refractivity contribution is 0.0693. The van der Waals surface area contributed by atoms with Gasteiger partial charge in [0.2, 0.25) is 0 Å². The molecule has 52 heavy (non-hydrogen) atoms. The molecule has 0 aliphatic heterocycles. The molecule has 0 saturated carbocycles. The van der Waals surface area contributed by atoms with E-state index in [1.54, 1.807) is 18.2 Å². The zero-order valence-electron chi connectivity index (χ0n) is 29.4. The first kappa shape index (κ1) is 37.0. The molecule has 0 fully saturated rings. The van der Waals surface area contributed by atoms with E-state index >= 15 is 0 Å². The first-order chi connectivity index (χ1) is 25.6. The second-order valence-electron chi connectivity index (χ2n) is 12.4. The number of aromatic carboxylic acids is 1. The highest BCUT2D eigenvalue weighted by molar-refractivity contribution is 7.98. The van der Waals surface area contributed by atoms with Crippen molar-refractivity contribution in [3.05, 3.63) is 212 Å². The monoisotopic (exact) mass is 734 g/mol. The van der Waals surface area contributed by atoms with Crippen LogP contribution in [-0.4, -0.2) is 29.7 Å². The molecule has 5 heteroatoms. The Morgan fingerprint density at radius 1 is 0.423 bits per heavy atom. The zero-order valence-corrected chi connectivity index (χ0v) is 32.0. The Kier molecular flexibility index (Phi) is 12.9. The first-order valence-electron chi connectivity index (χ1n) is 17.6. The molecule has 0 heterocycles. The maximum Gasteiger partial charge on any atom is 0.336 e. The van der Waals surface area contributed by atoms with E-state index in [2.05, 4.69) is 182 Å². The number of thioether (sulfide) groups is 1. The molecule has 0 unspecified atom stereocenters. The molecule has 0 radical (unpaired) electrons. The molecule has 7 rings (SSSR count). The van der Waals surface area contributed by atoms with Gasteiger partial charge in [-0.2, -0.15) is 0 Å². The van der Waals surface area contributed by atoms with E-state index in [0.29, 0.717) is 5.56 Å². The molecule has 2 nitrogen and oxygen atoms in total. The fourth-order valence-electron chi connectivity index (χ4n) is 7.13. The van der Waals surface area contributed by atoms with Crippen molar-refractivity contribution in [1.29, 1.82) is 0 Å². The van der Waals surface area contributed by atoms with Crippen LogP contribution in [0.5, 0.6) is 0 Å². The average molecular weight is 735 g/mol. The van der Waals surface area contributed by atoms with Crippen molar-refractivity contribution < 1.29 is 9.90 Å². The Labute approximate surface area is 314 Å². The van der Waals surface area contributed by atoms with Crippen molar-refractivity contribution in [2.75, 3.05) is 18.6 Å². The fraction of sp³-hybridized carbons (Fsp3) is 0.0851. The van der Waals surface area contributed by atoms with Gasteiger partial charge in [0.1, 0.15) is 46.4 Å². The molecule has 0 aliphatic rings. The summed E-state index contributed by atoms with van der Waals surface area (Å²) in [7, 11) is -3.79. The van der Waals surface area contributed by atoms with Gasteiger partial charge in [-0.05, 0) is 91.2 Å². The van der Waals surface area contributed by atoms with Crippen LogP contribution in [0.1, 0.15) is 16.8 Å². The largest absolute Gasteiger partial charge is 0.478 e. The summed E-state index contributed by atoms with van der Waals surface area (Å²) < 4.78 is 0. The van der Waals surface area contributed by atoms with Gasteiger partial charge in [0, 0.05) is 11.3 Å². The smallest absolute Gasteiger partial charge is 0.336 e. The predicted molar refractivity (Wildman–Crippen MR) is 230 cm³/mol. The van der Waals surface area contributed by atoms with Gasteiger partial charge in [0.15, 0.2) is 0 Å². The Bertz CT molecular complexity index is 1790. The number of carboxylic acid groups (broad SMARTS) is 1. The fourth-order valence-corrected chi connectivity index (χ4v) is 16.7. The zero-order chi connectivity index (χ0) is 36.1. The maximum absolute atomic E-state index is 10.6. The maximum atomic E-state index is 10.6. The van der Waals surface area contributed by atoms with Crippen molar-refractivity contribution in [2.45, 2.75) is 11.3 Å². The Morgan fingerprint density at radius 2 is 0.673 bits per heavy atom. The lowest BCUT2D eigenvalue weighted by atomic mass is 10.2. The van der Waals surface area contributed by atoms with Crippen molar-refractivity contribution in [3.8, 4) is 0 Å². The number of benzene rings is 7. The van der Waals surface area contributed by atoms with Crippen LogP contribution in [0.25, 0.3) is 0 Å². The van der Waals surface area contributed by atoms with E-state index in [4.69, 9.17) is 5.11 Å². The summed E-state index contributed by atoms with van der Waals surface area (Å²) in [5.41, 5.74) is 0.375. The molecule has 0 aromatic heterocycles. The molecule has 0 amide bonds. The number of carbonyl (C=O) groups is 1. The van der Waals surface area contributed by atoms with Crippen LogP contribution in [0.15, 0.2) is 211 Å². The highest BCUT2D eigenvalue weighted by atomic mass is 32.2. The highest BCUT2D eigenvalue weighted by Gasteiger charge is 2.49. The van der Waals surface area contributed by atoms with Gasteiger partial charge in [0.05, 0.1) is 17.9 Å². The second kappa shape index (κ2) is 18.1. The van der Waals surface area contributed by atoms with Gasteiger partial charge in [-0.1, -0.05) is 121 Å². The van der Waals surface area contributed by atoms with E-state index < -0.39 is 20.5 Å². The molecular weight excluding hydrogens is 691 g/mol. The van der Waals surface area contributed by atoms with Gasteiger partial charge in [-0.3, -0.25) is 0 Å². The third kappa shape index (κ3) is 8.14. The van der Waals surface area contributed by atoms with Crippen molar-refractivity contribution >= 4 is 64.1 Å². The highest BCUT2D eigenvalue weighted by Crippen LogP contribution is 2.60. The lowest BCUT2D eigenvalue weighted by Gasteiger charge is -2.30. The van der Waals surface area contributed by atoms with Gasteiger partial charge < -0.3 is 5.11 Å². The van der Waals surface area contributed by atoms with Crippen LogP contribution in [0, 0.1) is 0 Å². The number of rotatable bonds is 12. The predicted octanol–water partition coefficient (Wildman–Crippen LogP) is 9.47. The molecular formula is C47H44O2P2S+2. The Hall–Kier alpha value is -4.78. The van der Waals surface area contributed by atoms with E-state index in [-0.39, 0.29) is 0 Å². The van der Waals surface area contributed by atoms with Gasteiger partial charge in [0.25, 0.3) is 0 Å². The third-order valence-corrected chi connectivity index (χ3v) is 19.4. The average Bonchev–Trinajstić information content (AvgIpc) is 3.23. The van der Waals surface area contributed by atoms with Crippen LogP contribution >= 0.6 is 26.3 Å². The summed E-state index contributed by atoms with van der Waals surface area (Å²) in [5, 5.41) is 17.4. The summed E-state index contributed by atoms with van der Waals surface area (Å²) in [4.78, 5) is 11.4. The van der Waals surface area contributed by atoms with Crippen molar-refractivity contribution in [1.82, 2.24) is 0 Å². The Morgan fingerprint density at radius 3 is 0.904 bits per heavy atom. The van der Waals surface area contributed by atoms with Gasteiger partial charge in [-0.15, -0.1) is 11.8 Å². The SMILES string of the molecule is CSc1ccccc1C(=O)O.c1ccc([P+](CCC[P+](c2ccccc2)(c2ccccc2)c2ccccc2)(c2ccccc2)c2ccccc2)cc1. The molecule has 0 atom stereocenters. The number of hydrogen-bond donors (Lipinski definition) is 1. The molecule has 7 aromatic rings. The minimum absolute atomic E-state index is 0.375. The first-order valence-corrected chi connectivity index (χ1v) is 22.7. The normalized spacial score (nSPS) is 11.2. The molecule has 1 N–H and O–H groups in total. The van der Waals surface area contributed by atoms with Crippen molar-refractivity contribution in [2.24, 2.45) is 0 Å². The van der Waals surface area contributed by atoms with E-state index in [0.717, 1.165) is 23.6 Å². The number of carboxylic acids is 1. The van der Waals surface area contributed by atoms with Gasteiger partial charge in [-0.25, -0.2) is 4.79 Å². The van der Waals surface area contributed by atoms with Gasteiger partial charge >= 0.3 is 5.97 Å². The lowest BCUT2D eigenvalue weighted by Crippen LogP contribution is -2.36. The molecule has 0 bridgehead atoms. The standard InChI is InChI=1S/C39H36P2.C8H8O2S/c1-7-20-34(21-8-1)40(35-22-9-2-10-23-35,36-24-11-3-12-25-36)32-19-33-41(37-26-13-4-14-27-37,38-28-15-5-16-29-38)39-30-17-6-18-31-39;1-11-7-5-3-2-4-6(7)8(9)10/h1-18,20-31H,19,32-33H2;2-5H,1H3,(H,9,10)/q+2;.